The van der Waals surface area contributed by atoms with Crippen molar-refractivity contribution in [2.24, 2.45) is 5.92 Å². The Morgan fingerprint density at radius 2 is 1.73 bits per heavy atom. The van der Waals surface area contributed by atoms with Crippen LogP contribution in [-0.2, 0) is 9.59 Å². The standard InChI is InChI=1S/C22H28ClN7O3/c1-25-13-19-21(32)30(15-28(19)14-25)29-10-8-26(9-11-29)20(31)16-6-7-27(12-16)22(33)24-18-4-2-17(23)3-5-18/h2-5,13,16H,6-12,14-15H2,1H3,(H,24,33). The molecule has 4 aliphatic heterocycles. The normalized spacial score (nSPS) is 23.3. The van der Waals surface area contributed by atoms with Gasteiger partial charge in [-0.3, -0.25) is 9.59 Å². The molecule has 11 heteroatoms. The molecule has 4 heterocycles. The van der Waals surface area contributed by atoms with Gasteiger partial charge in [-0.05, 0) is 30.7 Å². The largest absolute Gasteiger partial charge is 0.361 e. The van der Waals surface area contributed by atoms with Crippen molar-refractivity contribution >= 4 is 35.1 Å². The van der Waals surface area contributed by atoms with Crippen LogP contribution in [0, 0.1) is 5.92 Å². The summed E-state index contributed by atoms with van der Waals surface area (Å²) in [7, 11) is 1.96. The number of anilines is 1. The smallest absolute Gasteiger partial charge is 0.321 e. The number of halogens is 1. The summed E-state index contributed by atoms with van der Waals surface area (Å²) in [5.41, 5.74) is 1.41. The summed E-state index contributed by atoms with van der Waals surface area (Å²) >= 11 is 5.89. The van der Waals surface area contributed by atoms with E-state index in [-0.39, 0.29) is 23.8 Å². The molecule has 176 valence electrons. The third-order valence-corrected chi connectivity index (χ3v) is 6.92. The molecule has 4 amide bonds. The summed E-state index contributed by atoms with van der Waals surface area (Å²) < 4.78 is 0. The molecule has 5 rings (SSSR count). The van der Waals surface area contributed by atoms with Crippen LogP contribution in [0.25, 0.3) is 0 Å². The zero-order valence-corrected chi connectivity index (χ0v) is 19.4. The van der Waals surface area contributed by atoms with E-state index in [0.717, 1.165) is 12.4 Å². The van der Waals surface area contributed by atoms with E-state index in [9.17, 15) is 14.4 Å². The van der Waals surface area contributed by atoms with Gasteiger partial charge in [0, 0.05) is 63.2 Å². The number of carbonyl (C=O) groups excluding carboxylic acids is 3. The van der Waals surface area contributed by atoms with E-state index >= 15 is 0 Å². The minimum absolute atomic E-state index is 0.0252. The number of hydrogen-bond acceptors (Lipinski definition) is 6. The first kappa shape index (κ1) is 21.8. The highest BCUT2D eigenvalue weighted by molar-refractivity contribution is 6.30. The monoisotopic (exact) mass is 473 g/mol. The zero-order chi connectivity index (χ0) is 23.1. The van der Waals surface area contributed by atoms with Crippen LogP contribution >= 0.6 is 11.6 Å². The number of rotatable bonds is 3. The van der Waals surface area contributed by atoms with Crippen molar-refractivity contribution in [3.63, 3.8) is 0 Å². The molecule has 0 aromatic heterocycles. The van der Waals surface area contributed by atoms with Crippen molar-refractivity contribution in [2.45, 2.75) is 6.42 Å². The Bertz CT molecular complexity index is 977. The topological polar surface area (TPSA) is 82.7 Å². The molecule has 1 aromatic carbocycles. The van der Waals surface area contributed by atoms with Gasteiger partial charge in [0.2, 0.25) is 5.91 Å². The lowest BCUT2D eigenvalue weighted by molar-refractivity contribution is -0.149. The van der Waals surface area contributed by atoms with Gasteiger partial charge in [0.1, 0.15) is 12.4 Å². The highest BCUT2D eigenvalue weighted by Gasteiger charge is 2.41. The second-order valence-electron chi connectivity index (χ2n) is 8.95. The van der Waals surface area contributed by atoms with Gasteiger partial charge in [0.05, 0.1) is 12.6 Å². The van der Waals surface area contributed by atoms with Gasteiger partial charge in [-0.1, -0.05) is 11.6 Å². The molecule has 0 bridgehead atoms. The molecule has 0 saturated carbocycles. The number of hydrogen-bond donors (Lipinski definition) is 1. The molecule has 1 N–H and O–H groups in total. The quantitative estimate of drug-likeness (QED) is 0.708. The van der Waals surface area contributed by atoms with Gasteiger partial charge in [-0.15, -0.1) is 0 Å². The molecule has 0 spiro atoms. The molecule has 3 saturated heterocycles. The maximum atomic E-state index is 13.1. The number of hydrazine groups is 1. The van der Waals surface area contributed by atoms with Gasteiger partial charge in [-0.2, -0.15) is 0 Å². The van der Waals surface area contributed by atoms with E-state index in [1.807, 2.05) is 28.1 Å². The Labute approximate surface area is 197 Å². The Morgan fingerprint density at radius 1 is 1.00 bits per heavy atom. The molecular formula is C22H28ClN7O3. The molecular weight excluding hydrogens is 446 g/mol. The zero-order valence-electron chi connectivity index (χ0n) is 18.6. The first-order valence-corrected chi connectivity index (χ1v) is 11.6. The summed E-state index contributed by atoms with van der Waals surface area (Å²) in [5, 5.41) is 7.31. The van der Waals surface area contributed by atoms with E-state index < -0.39 is 0 Å². The van der Waals surface area contributed by atoms with Gasteiger partial charge in [-0.25, -0.2) is 14.8 Å². The average Bonchev–Trinajstić information content (AvgIpc) is 3.51. The molecule has 0 radical (unpaired) electrons. The molecule has 4 aliphatic rings. The minimum Gasteiger partial charge on any atom is -0.361 e. The number of nitrogens with zero attached hydrogens (tertiary/aromatic N) is 6. The number of urea groups is 1. The van der Waals surface area contributed by atoms with Crippen LogP contribution in [0.4, 0.5) is 10.5 Å². The molecule has 3 fully saturated rings. The maximum Gasteiger partial charge on any atom is 0.321 e. The Kier molecular flexibility index (Phi) is 5.79. The van der Waals surface area contributed by atoms with E-state index in [2.05, 4.69) is 10.2 Å². The second-order valence-corrected chi connectivity index (χ2v) is 9.38. The van der Waals surface area contributed by atoms with Crippen LogP contribution in [0.5, 0.6) is 0 Å². The van der Waals surface area contributed by atoms with Gasteiger partial charge in [0.15, 0.2) is 0 Å². The maximum absolute atomic E-state index is 13.1. The second kappa shape index (κ2) is 8.75. The van der Waals surface area contributed by atoms with Crippen LogP contribution in [-0.4, -0.2) is 107 Å². The lowest BCUT2D eigenvalue weighted by Gasteiger charge is -2.39. The number of amides is 4. The van der Waals surface area contributed by atoms with Crippen molar-refractivity contribution in [3.8, 4) is 0 Å². The molecule has 10 nitrogen and oxygen atoms in total. The number of piperazine rings is 1. The van der Waals surface area contributed by atoms with Crippen molar-refractivity contribution < 1.29 is 14.4 Å². The fourth-order valence-corrected chi connectivity index (χ4v) is 4.99. The van der Waals surface area contributed by atoms with E-state index in [1.165, 1.54) is 0 Å². The van der Waals surface area contributed by atoms with E-state index in [4.69, 9.17) is 11.6 Å². The summed E-state index contributed by atoms with van der Waals surface area (Å²) in [6, 6.07) is 6.75. The number of carbonyl (C=O) groups is 3. The summed E-state index contributed by atoms with van der Waals surface area (Å²) in [5.74, 6) is -0.0708. The number of fused-ring (bicyclic) bond motifs is 1. The summed E-state index contributed by atoms with van der Waals surface area (Å²) in [6.45, 7) is 4.66. The third kappa shape index (κ3) is 4.32. The van der Waals surface area contributed by atoms with Crippen LogP contribution in [0.3, 0.4) is 0 Å². The minimum atomic E-state index is -0.203. The molecule has 1 atom stereocenters. The van der Waals surface area contributed by atoms with Gasteiger partial charge < -0.3 is 24.9 Å². The van der Waals surface area contributed by atoms with E-state index in [1.54, 1.807) is 34.2 Å². The highest BCUT2D eigenvalue weighted by atomic mass is 35.5. The lowest BCUT2D eigenvalue weighted by atomic mass is 10.1. The number of likely N-dealkylation sites (tertiary alicyclic amines) is 1. The fourth-order valence-electron chi connectivity index (χ4n) is 4.86. The summed E-state index contributed by atoms with van der Waals surface area (Å²) in [4.78, 5) is 46.0. The first-order chi connectivity index (χ1) is 15.9. The molecule has 1 aromatic rings. The lowest BCUT2D eigenvalue weighted by Crippen LogP contribution is -2.56. The molecule has 33 heavy (non-hydrogen) atoms. The van der Waals surface area contributed by atoms with Crippen LogP contribution in [0.15, 0.2) is 36.2 Å². The van der Waals surface area contributed by atoms with Crippen molar-refractivity contribution in [1.82, 2.24) is 29.6 Å². The highest BCUT2D eigenvalue weighted by Crippen LogP contribution is 2.27. The van der Waals surface area contributed by atoms with Crippen LogP contribution in [0.1, 0.15) is 6.42 Å². The number of nitrogens with one attached hydrogen (secondary N) is 1. The first-order valence-electron chi connectivity index (χ1n) is 11.2. The van der Waals surface area contributed by atoms with E-state index in [0.29, 0.717) is 63.1 Å². The van der Waals surface area contributed by atoms with Crippen molar-refractivity contribution in [3.05, 3.63) is 41.2 Å². The molecule has 0 aliphatic carbocycles. The van der Waals surface area contributed by atoms with Crippen molar-refractivity contribution in [1.29, 1.82) is 0 Å². The Hall–Kier alpha value is -2.98. The Morgan fingerprint density at radius 3 is 2.42 bits per heavy atom. The number of benzene rings is 1. The van der Waals surface area contributed by atoms with Crippen molar-refractivity contribution in [2.75, 3.05) is 65.0 Å². The molecule has 1 unspecified atom stereocenters. The third-order valence-electron chi connectivity index (χ3n) is 6.66. The Balaban J connectivity index is 1.10. The SMILES string of the molecule is CN1C=C2C(=O)N(N3CCN(C(=O)C4CCN(C(=O)Nc5ccc(Cl)cc5)C4)CC3)CN2C1. The predicted octanol–water partition coefficient (Wildman–Crippen LogP) is 1.10. The van der Waals surface area contributed by atoms with Crippen LogP contribution < -0.4 is 5.32 Å². The summed E-state index contributed by atoms with van der Waals surface area (Å²) in [6.07, 6.45) is 2.55. The van der Waals surface area contributed by atoms with Crippen LogP contribution in [0.2, 0.25) is 5.02 Å². The predicted molar refractivity (Wildman–Crippen MR) is 123 cm³/mol. The fraction of sp³-hybridized carbons (Fsp3) is 0.500. The average molecular weight is 474 g/mol. The van der Waals surface area contributed by atoms with Gasteiger partial charge >= 0.3 is 6.03 Å². The van der Waals surface area contributed by atoms with Gasteiger partial charge in [0.25, 0.3) is 5.91 Å².